The average molecular weight is 1600 g/mol. The molecule has 2 aromatic rings. The number of unbranched alkanes of at least 4 members (excludes halogenated alkanes) is 3. The molecule has 0 bridgehead atoms. The first-order valence-electron chi connectivity index (χ1n) is 36.3. The van der Waals surface area contributed by atoms with Gasteiger partial charge in [0.1, 0.15) is 78.3 Å². The summed E-state index contributed by atoms with van der Waals surface area (Å²) in [5.41, 5.74) is 28.6. The number of aliphatic carboxylic acids is 2. The lowest BCUT2D eigenvalue weighted by Crippen LogP contribution is -2.61. The number of carboxylic acid groups (broad SMARTS) is 2. The van der Waals surface area contributed by atoms with Crippen molar-refractivity contribution in [3.05, 3.63) is 65.7 Å². The van der Waals surface area contributed by atoms with E-state index in [1.54, 1.807) is 30.3 Å². The highest BCUT2D eigenvalue weighted by Gasteiger charge is 2.37. The predicted octanol–water partition coefficient (Wildman–Crippen LogP) is -7.06. The van der Waals surface area contributed by atoms with E-state index in [0.29, 0.717) is 43.2 Å². The summed E-state index contributed by atoms with van der Waals surface area (Å²) in [6.45, 7) is 4.80. The highest BCUT2D eigenvalue weighted by molar-refractivity contribution is 7.80. The molecule has 0 aliphatic carbocycles. The van der Waals surface area contributed by atoms with E-state index in [2.05, 4.69) is 81.4 Å². The third kappa shape index (κ3) is 37.4. The van der Waals surface area contributed by atoms with Crippen LogP contribution in [-0.2, 0) is 94.3 Å². The molecule has 2 rings (SSSR count). The number of nitrogens with one attached hydrogen (secondary N) is 13. The third-order valence-corrected chi connectivity index (χ3v) is 17.2. The van der Waals surface area contributed by atoms with Gasteiger partial charge >= 0.3 is 11.9 Å². The summed E-state index contributed by atoms with van der Waals surface area (Å²) in [5, 5.41) is 80.3. The fourth-order valence-electron chi connectivity index (χ4n) is 10.8. The number of rotatable bonds is 56. The number of nitrogens with zero attached hydrogens (tertiary/aromatic N) is 1. The lowest BCUT2D eigenvalue weighted by Gasteiger charge is -2.28. The lowest BCUT2D eigenvalue weighted by atomic mass is 9.99. The summed E-state index contributed by atoms with van der Waals surface area (Å²) < 4.78 is 0. The molecule has 0 saturated heterocycles. The number of nitrogens with two attached hydrogens (primary N) is 5. The van der Waals surface area contributed by atoms with Crippen molar-refractivity contribution in [2.45, 2.75) is 215 Å². The number of benzene rings is 2. The second-order valence-electron chi connectivity index (χ2n) is 26.6. The van der Waals surface area contributed by atoms with Crippen molar-refractivity contribution < 1.29 is 107 Å². The van der Waals surface area contributed by atoms with Crippen molar-refractivity contribution >= 4 is 120 Å². The number of guanidine groups is 1. The maximum Gasteiger partial charge on any atom is 0.305 e. The van der Waals surface area contributed by atoms with Crippen LogP contribution in [-0.4, -0.2) is 243 Å². The summed E-state index contributed by atoms with van der Waals surface area (Å²) in [6, 6.07) is -6.07. The number of aromatic hydroxyl groups is 1. The van der Waals surface area contributed by atoms with Gasteiger partial charge in [-0.2, -0.15) is 12.6 Å². The zero-order valence-electron chi connectivity index (χ0n) is 62.9. The number of aliphatic imine (C=N–C) groups is 1. The molecule has 0 spiro atoms. The Bertz CT molecular complexity index is 3520. The molecule has 0 saturated carbocycles. The zero-order valence-corrected chi connectivity index (χ0v) is 63.8. The van der Waals surface area contributed by atoms with Crippen LogP contribution in [0.15, 0.2) is 59.6 Å². The van der Waals surface area contributed by atoms with Crippen molar-refractivity contribution in [2.24, 2.45) is 39.6 Å². The molecule has 41 nitrogen and oxygen atoms in total. The second-order valence-corrected chi connectivity index (χ2v) is 27.0. The van der Waals surface area contributed by atoms with Crippen molar-refractivity contribution in [1.29, 1.82) is 0 Å². The summed E-state index contributed by atoms with van der Waals surface area (Å²) in [7, 11) is 0. The standard InChI is InChI=1S/C70H109N19O22S/c1-5-7-17-43(78-36-92)60(102)83-46(27-37(3)4)63(105)85-47(28-38-15-10-9-11-16-38)65(107)80-44(18-8-6-2)61(103)84-48(29-39-21-23-40(93)24-22-39)64(106)79-42(57(73)99)19-12-13-25-76-59(101)51(33-90)87-68(110)52(34-91)88-66(108)49(31-54(72)94)86-62(104)45(20-14-26-77-70(74)75)81-69(111)53(35-112)89-67(109)50(32-56(97)98)82-58(100)41(71)30-55(95)96/h9-11,15-16,21-24,36-37,41-53,90-91,93,112H,5-8,12-14,17-20,25-35,71H2,1-4H3,(H2,72,94)(H2,73,99)(H,76,101)(H,78,92)(H,79,106)(H,80,107)(H,81,111)(H,82,100)(H,83,102)(H,84,103)(H,85,105)(H,86,104)(H,87,110)(H,88,108)(H,89,109)(H,95,96)(H,97,98)(H4,74,75,77)/t41-,42-,43-,44-,45+,46-,47-,48-,49-,50-,51-,52+,53-/m0/s1. The molecule has 0 unspecified atom stereocenters. The van der Waals surface area contributed by atoms with Crippen LogP contribution in [0.1, 0.15) is 135 Å². The van der Waals surface area contributed by atoms with E-state index in [0.717, 1.165) is 6.42 Å². The zero-order chi connectivity index (χ0) is 84.2. The van der Waals surface area contributed by atoms with Gasteiger partial charge in [-0.25, -0.2) is 0 Å². The van der Waals surface area contributed by atoms with Gasteiger partial charge in [0.05, 0.1) is 38.5 Å². The molecule has 2 aromatic carbocycles. The molecule has 0 fully saturated rings. The Labute approximate surface area is 651 Å². The molecular weight excluding hydrogens is 1490 g/mol. The van der Waals surface area contributed by atoms with E-state index >= 15 is 0 Å². The Balaban J connectivity index is 2.29. The second kappa shape index (κ2) is 52.0. The van der Waals surface area contributed by atoms with E-state index in [-0.39, 0.29) is 88.5 Å². The molecule has 622 valence electrons. The normalized spacial score (nSPS) is 14.4. The topological polar surface area (TPSA) is 690 Å². The third-order valence-electron chi connectivity index (χ3n) is 16.9. The number of aliphatic hydroxyl groups is 2. The Morgan fingerprint density at radius 3 is 1.32 bits per heavy atom. The minimum absolute atomic E-state index is 0.0436. The lowest BCUT2D eigenvalue weighted by molar-refractivity contribution is -0.142. The number of primary amides is 2. The van der Waals surface area contributed by atoms with Crippen LogP contribution in [0.2, 0.25) is 0 Å². The molecule has 0 heterocycles. The summed E-state index contributed by atoms with van der Waals surface area (Å²) in [4.78, 5) is 228. The summed E-state index contributed by atoms with van der Waals surface area (Å²) >= 11 is 4.06. The van der Waals surface area contributed by atoms with Crippen molar-refractivity contribution in [3.8, 4) is 5.75 Å². The van der Waals surface area contributed by atoms with Crippen LogP contribution >= 0.6 is 12.6 Å². The SMILES string of the molecule is CCCC[C@H](NC=O)C(=O)N[C@@H](CC(C)C)C(=O)N[C@@H](Cc1ccccc1)C(=O)N[C@@H](CCCC)C(=O)N[C@@H](Cc1ccc(O)cc1)C(=O)N[C@@H](CCCCNC(=O)[C@H](CO)NC(=O)[C@@H](CO)NC(=O)[C@H](CC(N)=O)NC(=O)[C@@H](CCCN=C(N)N)NC(=O)[C@H](CS)NC(=O)[C@H](CC(=O)O)NC(=O)[C@@H](N)CC(=O)O)C(N)=O. The first-order valence-corrected chi connectivity index (χ1v) is 36.9. The van der Waals surface area contributed by atoms with Crippen molar-refractivity contribution in [1.82, 2.24) is 69.1 Å². The van der Waals surface area contributed by atoms with Gasteiger partial charge in [-0.15, -0.1) is 0 Å². The van der Waals surface area contributed by atoms with E-state index in [9.17, 15) is 102 Å². The fraction of sp³-hybridized carbons (Fsp3) is 0.571. The quantitative estimate of drug-likeness (QED) is 0.00962. The number of aliphatic hydroxyl groups excluding tert-OH is 2. The molecule has 42 heteroatoms. The number of hydrogen-bond donors (Lipinski definition) is 24. The van der Waals surface area contributed by atoms with E-state index < -0.39 is 211 Å². The smallest absolute Gasteiger partial charge is 0.305 e. The highest BCUT2D eigenvalue weighted by atomic mass is 32.1. The number of hydrogen-bond acceptors (Lipinski definition) is 23. The molecule has 28 N–H and O–H groups in total. The monoisotopic (exact) mass is 1600 g/mol. The molecule has 15 amide bonds. The molecule has 13 atom stereocenters. The van der Waals surface area contributed by atoms with Crippen LogP contribution in [0.5, 0.6) is 5.75 Å². The van der Waals surface area contributed by atoms with Gasteiger partial charge in [0.2, 0.25) is 89.1 Å². The first kappa shape index (κ1) is 96.8. The number of phenolic OH excluding ortho intramolecular Hbond substituents is 1. The van der Waals surface area contributed by atoms with E-state index in [1.165, 1.54) is 24.3 Å². The molecule has 0 aromatic heterocycles. The average Bonchev–Trinajstić information content (AvgIpc) is 0.858. The predicted molar refractivity (Wildman–Crippen MR) is 405 cm³/mol. The number of phenols is 1. The van der Waals surface area contributed by atoms with Crippen molar-refractivity contribution in [2.75, 3.05) is 32.1 Å². The molecule has 0 radical (unpaired) electrons. The van der Waals surface area contributed by atoms with Gasteiger partial charge in [-0.05, 0) is 80.5 Å². The van der Waals surface area contributed by atoms with Crippen molar-refractivity contribution in [3.63, 3.8) is 0 Å². The summed E-state index contributed by atoms with van der Waals surface area (Å²) in [5.74, 6) is -18.9. The molecular formula is C70H109N19O22S. The largest absolute Gasteiger partial charge is 0.508 e. The Kier molecular flexibility index (Phi) is 44.9. The maximum absolute atomic E-state index is 14.5. The minimum atomic E-state index is -1.98. The van der Waals surface area contributed by atoms with Crippen LogP contribution in [0.25, 0.3) is 0 Å². The number of carbonyl (C=O) groups excluding carboxylic acids is 15. The van der Waals surface area contributed by atoms with Crippen LogP contribution in [0.4, 0.5) is 0 Å². The molecule has 0 aliphatic heterocycles. The van der Waals surface area contributed by atoms with Gasteiger partial charge in [0.15, 0.2) is 5.96 Å². The Morgan fingerprint density at radius 1 is 0.446 bits per heavy atom. The number of thiol groups is 1. The fourth-order valence-corrected chi connectivity index (χ4v) is 11.1. The maximum atomic E-state index is 14.5. The van der Waals surface area contributed by atoms with Gasteiger partial charge in [-0.1, -0.05) is 95.8 Å². The number of carbonyl (C=O) groups is 17. The first-order chi connectivity index (χ1) is 53.0. The van der Waals surface area contributed by atoms with E-state index in [1.807, 2.05) is 33.0 Å². The van der Waals surface area contributed by atoms with E-state index in [4.69, 9.17) is 33.8 Å². The van der Waals surface area contributed by atoms with Gasteiger partial charge in [-0.3, -0.25) is 86.5 Å². The molecule has 112 heavy (non-hydrogen) atoms. The Hall–Kier alpha value is -11.3. The number of amides is 15. The minimum Gasteiger partial charge on any atom is -0.508 e. The van der Waals surface area contributed by atoms with Gasteiger partial charge in [0.25, 0.3) is 0 Å². The van der Waals surface area contributed by atoms with Crippen LogP contribution < -0.4 is 97.8 Å². The van der Waals surface area contributed by atoms with Crippen LogP contribution in [0, 0.1) is 5.92 Å². The Morgan fingerprint density at radius 2 is 0.839 bits per heavy atom. The summed E-state index contributed by atoms with van der Waals surface area (Å²) in [6.07, 6.45) is -0.551. The highest BCUT2D eigenvalue weighted by Crippen LogP contribution is 2.16. The number of carboxylic acids is 2. The molecule has 0 aliphatic rings. The van der Waals surface area contributed by atoms with Gasteiger partial charge in [0, 0.05) is 31.7 Å². The van der Waals surface area contributed by atoms with Crippen LogP contribution in [0.3, 0.4) is 0 Å². The van der Waals surface area contributed by atoms with Gasteiger partial charge < -0.3 is 123 Å².